The molecule has 2 rings (SSSR count). The van der Waals surface area contributed by atoms with E-state index in [0.29, 0.717) is 6.54 Å². The molecular weight excluding hydrogens is 228 g/mol. The van der Waals surface area contributed by atoms with Gasteiger partial charge in [0.1, 0.15) is 5.78 Å². The maximum atomic E-state index is 12.2. The number of allylic oxidation sites excluding steroid dienone is 2. The number of fused-ring (bicyclic) bond motifs is 2. The fourth-order valence-electron chi connectivity index (χ4n) is 3.25. The number of carbonyl (C=O) groups is 2. The highest BCUT2D eigenvalue weighted by Gasteiger charge is 2.49. The molecule has 2 bridgehead atoms. The number of nitrogens with zero attached hydrogens (tertiary/aromatic N) is 1. The number of hydrogen-bond donors (Lipinski definition) is 1. The van der Waals surface area contributed by atoms with Gasteiger partial charge in [0.15, 0.2) is 0 Å². The zero-order chi connectivity index (χ0) is 13.3. The van der Waals surface area contributed by atoms with E-state index in [1.54, 1.807) is 6.92 Å². The summed E-state index contributed by atoms with van der Waals surface area (Å²) in [5.74, 6) is 0.521. The zero-order valence-corrected chi connectivity index (χ0v) is 11.3. The second-order valence-corrected chi connectivity index (χ2v) is 5.70. The molecule has 0 radical (unpaired) electrons. The minimum absolute atomic E-state index is 0.0499. The molecule has 1 N–H and O–H groups in total. The van der Waals surface area contributed by atoms with Crippen molar-refractivity contribution in [1.29, 1.82) is 0 Å². The molecule has 1 saturated carbocycles. The normalized spacial score (nSPS) is 33.1. The number of amides is 1. The van der Waals surface area contributed by atoms with E-state index in [2.05, 4.69) is 17.5 Å². The summed E-state index contributed by atoms with van der Waals surface area (Å²) in [6.45, 7) is 3.08. The summed E-state index contributed by atoms with van der Waals surface area (Å²) in [5, 5.41) is 2.96. The molecule has 2 aliphatic rings. The molecule has 0 aromatic rings. The Labute approximate surface area is 108 Å². The van der Waals surface area contributed by atoms with Gasteiger partial charge >= 0.3 is 0 Å². The minimum atomic E-state index is -0.139. The van der Waals surface area contributed by atoms with Crippen molar-refractivity contribution in [3.63, 3.8) is 0 Å². The lowest BCUT2D eigenvalue weighted by Crippen LogP contribution is -2.41. The SMILES string of the molecule is CC(=O)[C@@H]1C2C=CC(C2)[C@@H]1C(=O)NCCN(C)C. The molecule has 0 heterocycles. The van der Waals surface area contributed by atoms with Crippen molar-refractivity contribution in [2.45, 2.75) is 13.3 Å². The van der Waals surface area contributed by atoms with Crippen LogP contribution >= 0.6 is 0 Å². The monoisotopic (exact) mass is 250 g/mol. The summed E-state index contributed by atoms with van der Waals surface area (Å²) in [7, 11) is 3.95. The maximum absolute atomic E-state index is 12.2. The van der Waals surface area contributed by atoms with Gasteiger partial charge in [0.25, 0.3) is 0 Å². The maximum Gasteiger partial charge on any atom is 0.224 e. The van der Waals surface area contributed by atoms with Gasteiger partial charge in [0, 0.05) is 19.0 Å². The van der Waals surface area contributed by atoms with Gasteiger partial charge in [-0.25, -0.2) is 0 Å². The van der Waals surface area contributed by atoms with Crippen LogP contribution in [0.25, 0.3) is 0 Å². The number of likely N-dealkylation sites (N-methyl/N-ethyl adjacent to an activating group) is 1. The van der Waals surface area contributed by atoms with E-state index >= 15 is 0 Å². The predicted octanol–water partition coefficient (Wildman–Crippen LogP) is 0.691. The van der Waals surface area contributed by atoms with Crippen LogP contribution in [0.1, 0.15) is 13.3 Å². The van der Waals surface area contributed by atoms with E-state index in [4.69, 9.17) is 0 Å². The second-order valence-electron chi connectivity index (χ2n) is 5.70. The van der Waals surface area contributed by atoms with Gasteiger partial charge in [-0.05, 0) is 39.3 Å². The Morgan fingerprint density at radius 2 is 1.83 bits per heavy atom. The molecule has 2 unspecified atom stereocenters. The molecule has 0 aromatic carbocycles. The molecule has 4 heteroatoms. The van der Waals surface area contributed by atoms with Crippen LogP contribution in [-0.2, 0) is 9.59 Å². The second kappa shape index (κ2) is 5.22. The van der Waals surface area contributed by atoms with Crippen LogP contribution in [0.5, 0.6) is 0 Å². The summed E-state index contributed by atoms with van der Waals surface area (Å²) in [6, 6.07) is 0. The molecule has 4 atom stereocenters. The number of hydrogen-bond acceptors (Lipinski definition) is 3. The van der Waals surface area contributed by atoms with Gasteiger partial charge in [0.2, 0.25) is 5.91 Å². The predicted molar refractivity (Wildman–Crippen MR) is 70.0 cm³/mol. The van der Waals surface area contributed by atoms with Crippen LogP contribution < -0.4 is 5.32 Å². The lowest BCUT2D eigenvalue weighted by Gasteiger charge is -2.25. The molecule has 1 amide bonds. The molecule has 18 heavy (non-hydrogen) atoms. The number of nitrogens with one attached hydrogen (secondary N) is 1. The average Bonchev–Trinajstić information content (AvgIpc) is 2.87. The third-order valence-electron chi connectivity index (χ3n) is 4.09. The van der Waals surface area contributed by atoms with Crippen LogP contribution in [-0.4, -0.2) is 43.8 Å². The van der Waals surface area contributed by atoms with Crippen molar-refractivity contribution in [2.75, 3.05) is 27.2 Å². The van der Waals surface area contributed by atoms with Gasteiger partial charge in [-0.2, -0.15) is 0 Å². The van der Waals surface area contributed by atoms with Crippen molar-refractivity contribution >= 4 is 11.7 Å². The fourth-order valence-corrected chi connectivity index (χ4v) is 3.25. The topological polar surface area (TPSA) is 49.4 Å². The molecule has 0 spiro atoms. The van der Waals surface area contributed by atoms with E-state index in [0.717, 1.165) is 13.0 Å². The lowest BCUT2D eigenvalue weighted by molar-refractivity contribution is -0.133. The van der Waals surface area contributed by atoms with E-state index in [1.807, 2.05) is 19.0 Å². The van der Waals surface area contributed by atoms with Crippen molar-refractivity contribution in [1.82, 2.24) is 10.2 Å². The largest absolute Gasteiger partial charge is 0.355 e. The third-order valence-corrected chi connectivity index (χ3v) is 4.09. The van der Waals surface area contributed by atoms with Crippen LogP contribution in [0.3, 0.4) is 0 Å². The molecule has 2 aliphatic carbocycles. The summed E-state index contributed by atoms with van der Waals surface area (Å²) < 4.78 is 0. The van der Waals surface area contributed by atoms with Crippen LogP contribution in [0, 0.1) is 23.7 Å². The highest BCUT2D eigenvalue weighted by atomic mass is 16.2. The molecule has 100 valence electrons. The first-order valence-electron chi connectivity index (χ1n) is 6.62. The van der Waals surface area contributed by atoms with Crippen molar-refractivity contribution in [3.8, 4) is 0 Å². The summed E-state index contributed by atoms with van der Waals surface area (Å²) in [5.41, 5.74) is 0. The van der Waals surface area contributed by atoms with Crippen LogP contribution in [0.2, 0.25) is 0 Å². The molecule has 0 aromatic heterocycles. The minimum Gasteiger partial charge on any atom is -0.355 e. The Balaban J connectivity index is 1.96. The van der Waals surface area contributed by atoms with Crippen molar-refractivity contribution in [3.05, 3.63) is 12.2 Å². The van der Waals surface area contributed by atoms with Crippen molar-refractivity contribution in [2.24, 2.45) is 23.7 Å². The molecule has 0 saturated heterocycles. The van der Waals surface area contributed by atoms with E-state index in [9.17, 15) is 9.59 Å². The Bertz CT molecular complexity index is 376. The smallest absolute Gasteiger partial charge is 0.224 e. The number of carbonyl (C=O) groups excluding carboxylic acids is 2. The van der Waals surface area contributed by atoms with Crippen molar-refractivity contribution < 1.29 is 9.59 Å². The van der Waals surface area contributed by atoms with E-state index in [-0.39, 0.29) is 35.4 Å². The Hall–Kier alpha value is -1.16. The Kier molecular flexibility index (Phi) is 3.85. The summed E-state index contributed by atoms with van der Waals surface area (Å²) in [4.78, 5) is 26.0. The van der Waals surface area contributed by atoms with Crippen LogP contribution in [0.4, 0.5) is 0 Å². The molecular formula is C14H22N2O2. The quantitative estimate of drug-likeness (QED) is 0.730. The highest BCUT2D eigenvalue weighted by Crippen LogP contribution is 2.48. The Morgan fingerprint density at radius 3 is 2.39 bits per heavy atom. The number of ketones is 1. The van der Waals surface area contributed by atoms with Gasteiger partial charge in [-0.15, -0.1) is 0 Å². The lowest BCUT2D eigenvalue weighted by atomic mass is 9.80. The third kappa shape index (κ3) is 2.48. The summed E-state index contributed by atoms with van der Waals surface area (Å²) in [6.07, 6.45) is 5.19. The van der Waals surface area contributed by atoms with Gasteiger partial charge in [-0.1, -0.05) is 12.2 Å². The first-order chi connectivity index (χ1) is 8.50. The van der Waals surface area contributed by atoms with Gasteiger partial charge < -0.3 is 10.2 Å². The van der Waals surface area contributed by atoms with E-state index < -0.39 is 0 Å². The molecule has 4 nitrogen and oxygen atoms in total. The standard InChI is InChI=1S/C14H22N2O2/c1-9(17)12-10-4-5-11(8-10)13(12)14(18)15-6-7-16(2)3/h4-5,10-13H,6-8H2,1-3H3,(H,15,18)/t10?,11?,12-,13+/m1/s1. The highest BCUT2D eigenvalue weighted by molar-refractivity contribution is 5.89. The first kappa shape index (κ1) is 13.3. The Morgan fingerprint density at radius 1 is 1.22 bits per heavy atom. The fraction of sp³-hybridized carbons (Fsp3) is 0.714. The summed E-state index contributed by atoms with van der Waals surface area (Å²) >= 11 is 0. The van der Waals surface area contributed by atoms with Gasteiger partial charge in [-0.3, -0.25) is 9.59 Å². The number of Topliss-reactive ketones (excluding diaryl/α,β-unsaturated/α-hetero) is 1. The van der Waals surface area contributed by atoms with Gasteiger partial charge in [0.05, 0.1) is 5.92 Å². The average molecular weight is 250 g/mol. The molecule has 0 aliphatic heterocycles. The number of rotatable bonds is 5. The van der Waals surface area contributed by atoms with Crippen LogP contribution in [0.15, 0.2) is 12.2 Å². The zero-order valence-electron chi connectivity index (χ0n) is 11.3. The van der Waals surface area contributed by atoms with E-state index in [1.165, 1.54) is 0 Å². The molecule has 1 fully saturated rings. The first-order valence-corrected chi connectivity index (χ1v) is 6.62.